The Balaban J connectivity index is 1.05. The number of rotatable bonds is 48. The van der Waals surface area contributed by atoms with E-state index in [-0.39, 0.29) is 201 Å². The number of nitrogens with one attached hydrogen (secondary N) is 13. The molecule has 0 aromatic heterocycles. The van der Waals surface area contributed by atoms with Gasteiger partial charge in [-0.15, -0.1) is 0 Å². The molecule has 0 bridgehead atoms. The van der Waals surface area contributed by atoms with Gasteiger partial charge in [-0.1, -0.05) is 94.8 Å². The molecule has 39 heteroatoms. The summed E-state index contributed by atoms with van der Waals surface area (Å²) >= 11 is 0. The Kier molecular flexibility index (Phi) is 38.9. The maximum absolute atomic E-state index is 15.6. The topological polar surface area (TPSA) is 643 Å². The number of nitrogens with two attached hydrogens (primary N) is 5. The van der Waals surface area contributed by atoms with Crippen LogP contribution in [0.4, 0.5) is 0 Å². The molecule has 39 nitrogen and oxygen atoms in total. The molecular formula is C90H127N21O18. The molecule has 129 heavy (non-hydrogen) atoms. The first-order valence-electron chi connectivity index (χ1n) is 43.9. The molecule has 3 fully saturated rings. The van der Waals surface area contributed by atoms with Gasteiger partial charge in [0.2, 0.25) is 76.8 Å². The smallest absolute Gasteiger partial charge is 0.246 e. The summed E-state index contributed by atoms with van der Waals surface area (Å²) < 4.78 is 0. The number of hydrogen-bond acceptors (Lipinski definition) is 22. The van der Waals surface area contributed by atoms with Gasteiger partial charge in [-0.2, -0.15) is 0 Å². The molecule has 3 aliphatic heterocycles. The zero-order chi connectivity index (χ0) is 94.1. The van der Waals surface area contributed by atoms with Crippen molar-refractivity contribution in [3.8, 4) is 28.7 Å². The number of primary amides is 1. The van der Waals surface area contributed by atoms with Crippen molar-refractivity contribution in [1.82, 2.24) is 73.2 Å². The number of carbonyl (C=O) groups is 13. The van der Waals surface area contributed by atoms with Gasteiger partial charge in [0.25, 0.3) is 0 Å². The van der Waals surface area contributed by atoms with E-state index >= 15 is 33.6 Å². The molecule has 5 aromatic rings. The van der Waals surface area contributed by atoms with Gasteiger partial charge in [-0.3, -0.25) is 73.1 Å². The Morgan fingerprint density at radius 3 is 0.938 bits per heavy atom. The first-order valence-corrected chi connectivity index (χ1v) is 43.9. The largest absolute Gasteiger partial charge is 0.508 e. The number of amides is 13. The number of aromatic hydroxyl groups is 5. The fraction of sp³-hybridized carbons (Fsp3) is 0.500. The number of unbranched alkanes of at least 4 members (excludes halogenated alkanes) is 1. The SMILES string of the molecule is CC[C@H](C)[C@H](N)C(=O)N[C@@H](CC(C)C)C(=O)N1CCC[C@H]1C(=O)N[C@@H](Cc1ccc(O)cc1)C(=O)N[C@@H](CCCCN)C(=O)N[C@@H](Cc1ccc(O)cc1)C(=O)N1CCC[C@H]1C(=O)N[C@@H](Cc1ccc(O)cc1)C(=O)N[C@@H](Cc1ccc(O)cc1)C(=O)N1CCC[C@H]1C(=O)N[C@@H](Cc1ccc(O)cc1)C(=O)N[C@@H](CCCNC(=N)N)C(=O)N[C@@H](CCCNC(=N)N)C(N)=O. The van der Waals surface area contributed by atoms with Crippen LogP contribution in [0, 0.1) is 22.7 Å². The molecule has 5 aromatic carbocycles. The second-order valence-electron chi connectivity index (χ2n) is 33.7. The summed E-state index contributed by atoms with van der Waals surface area (Å²) in [5, 5.41) is 97.1. The summed E-state index contributed by atoms with van der Waals surface area (Å²) in [7, 11) is 0. The minimum Gasteiger partial charge on any atom is -0.508 e. The summed E-state index contributed by atoms with van der Waals surface area (Å²) in [6.45, 7) is 7.96. The van der Waals surface area contributed by atoms with E-state index in [4.69, 9.17) is 39.5 Å². The molecule has 3 saturated heterocycles. The molecule has 3 heterocycles. The molecule has 3 aliphatic rings. The van der Waals surface area contributed by atoms with Crippen LogP contribution in [-0.4, -0.2) is 247 Å². The van der Waals surface area contributed by atoms with Crippen molar-refractivity contribution < 1.29 is 87.9 Å². The lowest BCUT2D eigenvalue weighted by atomic mass is 9.97. The normalized spacial score (nSPS) is 17.3. The van der Waals surface area contributed by atoms with Crippen molar-refractivity contribution in [2.24, 2.45) is 40.5 Å². The standard InChI is InChI=1S/C90H127N21O18/c1-5-52(4)75(92)85(126)108-69(45-51(2)3)86(127)109-42-10-16-72(109)82(123)103-66(46-53-19-29-58(112)30-20-53)79(120)101-64(13-6-7-39-91)78(119)106-70(49-56-25-35-61(115)36-26-56)87(128)110-43-11-18-74(110)84(125)105-68(48-55-23-33-60(114)34-24-55)81(122)107-71(50-57-27-37-62(116)38-28-57)88(129)111-44-12-17-73(111)83(124)104-67(47-54-21-31-59(113)32-22-54)80(121)102-65(15-9-41-99-90(96)97)77(118)100-63(76(93)117)14-8-40-98-89(94)95/h19-38,51-52,63-75,112-116H,5-18,39-50,91-92H2,1-4H3,(H2,93,117)(H,100,118)(H,101,120)(H,102,121)(H,103,123)(H,104,124)(H,105,125)(H,106,119)(H,107,122)(H,108,126)(H4,94,95,98)(H4,96,97,99)/t52-,63-,64-,65-,66-,67-,68-,69-,70-,71-,72-,73-,74-,75-/m0/s1. The first kappa shape index (κ1) is 101. The third kappa shape index (κ3) is 31.3. The molecule has 0 aliphatic carbocycles. The number of phenolic OH excluding ortho intramolecular Hbond substituents is 5. The van der Waals surface area contributed by atoms with Crippen molar-refractivity contribution >= 4 is 88.7 Å². The summed E-state index contributed by atoms with van der Waals surface area (Å²) in [4.78, 5) is 196. The van der Waals surface area contributed by atoms with Gasteiger partial charge in [0.05, 0.1) is 6.04 Å². The second kappa shape index (κ2) is 49.7. The summed E-state index contributed by atoms with van der Waals surface area (Å²) in [5.74, 6) is -11.8. The Labute approximate surface area is 749 Å². The van der Waals surface area contributed by atoms with E-state index in [1.807, 2.05) is 27.7 Å². The Bertz CT molecular complexity index is 4660. The van der Waals surface area contributed by atoms with Gasteiger partial charge in [0.1, 0.15) is 101 Å². The summed E-state index contributed by atoms with van der Waals surface area (Å²) in [6.07, 6.45) is 1.62. The lowest BCUT2D eigenvalue weighted by molar-refractivity contribution is -0.143. The lowest BCUT2D eigenvalue weighted by Gasteiger charge is -2.32. The van der Waals surface area contributed by atoms with Gasteiger partial charge in [0.15, 0.2) is 11.9 Å². The monoisotopic (exact) mass is 1790 g/mol. The van der Waals surface area contributed by atoms with Crippen LogP contribution in [0.3, 0.4) is 0 Å². The van der Waals surface area contributed by atoms with Crippen molar-refractivity contribution in [3.63, 3.8) is 0 Å². The average Bonchev–Trinajstić information content (AvgIpc) is 1.73. The lowest BCUT2D eigenvalue weighted by Crippen LogP contribution is -2.61. The van der Waals surface area contributed by atoms with Gasteiger partial charge in [-0.25, -0.2) is 0 Å². The number of phenols is 5. The number of nitrogens with zero attached hydrogens (tertiary/aromatic N) is 3. The van der Waals surface area contributed by atoms with E-state index in [1.54, 1.807) is 12.1 Å². The third-order valence-corrected chi connectivity index (χ3v) is 23.2. The molecule has 700 valence electrons. The maximum atomic E-state index is 15.6. The van der Waals surface area contributed by atoms with Crippen LogP contribution in [0.5, 0.6) is 28.7 Å². The number of guanidine groups is 2. The van der Waals surface area contributed by atoms with Crippen LogP contribution in [0.25, 0.3) is 0 Å². The molecule has 28 N–H and O–H groups in total. The van der Waals surface area contributed by atoms with Crippen molar-refractivity contribution in [2.75, 3.05) is 39.3 Å². The number of carbonyl (C=O) groups excluding carboxylic acids is 13. The summed E-state index contributed by atoms with van der Waals surface area (Å²) in [6, 6.07) is 11.5. The van der Waals surface area contributed by atoms with Crippen LogP contribution in [-0.2, 0) is 94.4 Å². The average molecular weight is 1790 g/mol. The van der Waals surface area contributed by atoms with Gasteiger partial charge in [0, 0.05) is 64.8 Å². The predicted octanol–water partition coefficient (Wildman–Crippen LogP) is -0.376. The van der Waals surface area contributed by atoms with E-state index in [0.29, 0.717) is 47.1 Å². The zero-order valence-corrected chi connectivity index (χ0v) is 73.4. The zero-order valence-electron chi connectivity index (χ0n) is 73.4. The van der Waals surface area contributed by atoms with Crippen molar-refractivity contribution in [3.05, 3.63) is 149 Å². The van der Waals surface area contributed by atoms with Crippen LogP contribution >= 0.6 is 0 Å². The Morgan fingerprint density at radius 2 is 0.643 bits per heavy atom. The molecule has 0 unspecified atom stereocenters. The van der Waals surface area contributed by atoms with E-state index in [9.17, 15) is 54.3 Å². The highest BCUT2D eigenvalue weighted by Gasteiger charge is 2.45. The third-order valence-electron chi connectivity index (χ3n) is 23.2. The van der Waals surface area contributed by atoms with Crippen LogP contribution in [0.15, 0.2) is 121 Å². The minimum absolute atomic E-state index is 0.00504. The quantitative estimate of drug-likeness (QED) is 0.0134. The number of benzene rings is 5. The van der Waals surface area contributed by atoms with Crippen molar-refractivity contribution in [2.45, 2.75) is 235 Å². The van der Waals surface area contributed by atoms with Gasteiger partial charge >= 0.3 is 0 Å². The fourth-order valence-corrected chi connectivity index (χ4v) is 15.9. The van der Waals surface area contributed by atoms with Crippen LogP contribution < -0.4 is 87.2 Å². The Morgan fingerprint density at radius 1 is 0.372 bits per heavy atom. The molecule has 0 radical (unpaired) electrons. The van der Waals surface area contributed by atoms with Gasteiger partial charge < -0.3 is 127 Å². The first-order chi connectivity index (χ1) is 61.5. The molecule has 0 saturated carbocycles. The van der Waals surface area contributed by atoms with E-state index in [1.165, 1.54) is 124 Å². The molecule has 0 spiro atoms. The predicted molar refractivity (Wildman–Crippen MR) is 478 cm³/mol. The second-order valence-corrected chi connectivity index (χ2v) is 33.7. The molecule has 8 rings (SSSR count). The Hall–Kier alpha value is -13.3. The summed E-state index contributed by atoms with van der Waals surface area (Å²) in [5.41, 5.74) is 31.1. The fourth-order valence-electron chi connectivity index (χ4n) is 15.9. The molecular weight excluding hydrogens is 1660 g/mol. The molecule has 13 amide bonds. The van der Waals surface area contributed by atoms with Gasteiger partial charge in [-0.05, 0) is 197 Å². The minimum atomic E-state index is -1.58. The van der Waals surface area contributed by atoms with Crippen LogP contribution in [0.1, 0.15) is 152 Å². The van der Waals surface area contributed by atoms with Crippen LogP contribution in [0.2, 0.25) is 0 Å². The van der Waals surface area contributed by atoms with E-state index in [2.05, 4.69) is 58.5 Å². The highest BCUT2D eigenvalue weighted by atomic mass is 16.3. The highest BCUT2D eigenvalue weighted by Crippen LogP contribution is 2.28. The molecule has 14 atom stereocenters. The highest BCUT2D eigenvalue weighted by molar-refractivity contribution is 6.01. The van der Waals surface area contributed by atoms with Crippen molar-refractivity contribution in [1.29, 1.82) is 10.8 Å². The van der Waals surface area contributed by atoms with E-state index < -0.39 is 155 Å². The number of hydrogen-bond donors (Lipinski definition) is 23. The maximum Gasteiger partial charge on any atom is 0.246 e. The number of likely N-dealkylation sites (tertiary alicyclic amines) is 3. The van der Waals surface area contributed by atoms with E-state index in [0.717, 1.165) is 0 Å².